The molecule has 6 nitrogen and oxygen atoms in total. The van der Waals surface area contributed by atoms with Crippen molar-refractivity contribution in [2.24, 2.45) is 0 Å². The Morgan fingerprint density at radius 2 is 2.04 bits per heavy atom. The van der Waals surface area contributed by atoms with Gasteiger partial charge < -0.3 is 20.2 Å². The number of hydrogen-bond acceptors (Lipinski definition) is 6. The monoisotopic (exact) mass is 402 g/mol. The van der Waals surface area contributed by atoms with Crippen molar-refractivity contribution in [1.29, 1.82) is 0 Å². The lowest BCUT2D eigenvalue weighted by atomic mass is 9.98. The zero-order chi connectivity index (χ0) is 19.3. The number of rotatable bonds is 6. The number of anilines is 1. The molecule has 0 aliphatic carbocycles. The predicted molar refractivity (Wildman–Crippen MR) is 106 cm³/mol. The highest BCUT2D eigenvalue weighted by Crippen LogP contribution is 2.32. The van der Waals surface area contributed by atoms with Gasteiger partial charge in [-0.25, -0.2) is 0 Å². The molecule has 1 unspecified atom stereocenters. The lowest BCUT2D eigenvalue weighted by Crippen LogP contribution is -2.44. The van der Waals surface area contributed by atoms with Crippen molar-refractivity contribution in [3.8, 4) is 0 Å². The number of carbonyl (C=O) groups is 2. The smallest absolute Gasteiger partial charge is 0.313 e. The fourth-order valence-corrected chi connectivity index (χ4v) is 3.79. The van der Waals surface area contributed by atoms with Gasteiger partial charge >= 0.3 is 11.8 Å². The zero-order valence-electron chi connectivity index (χ0n) is 14.5. The number of amides is 2. The Morgan fingerprint density at radius 3 is 2.70 bits per heavy atom. The van der Waals surface area contributed by atoms with Gasteiger partial charge in [0.1, 0.15) is 5.76 Å². The summed E-state index contributed by atoms with van der Waals surface area (Å²) in [4.78, 5) is 26.0. The number of benzene rings is 1. The summed E-state index contributed by atoms with van der Waals surface area (Å²) < 4.78 is 5.34. The van der Waals surface area contributed by atoms with Crippen molar-refractivity contribution >= 4 is 40.6 Å². The molecule has 1 aromatic carbocycles. The fourth-order valence-electron chi connectivity index (χ4n) is 2.50. The molecule has 0 bridgehead atoms. The second kappa shape index (κ2) is 8.43. The van der Waals surface area contributed by atoms with Crippen molar-refractivity contribution < 1.29 is 19.1 Å². The topological polar surface area (TPSA) is 91.6 Å². The quantitative estimate of drug-likeness (QED) is 0.435. The third-order valence-electron chi connectivity index (χ3n) is 3.90. The van der Waals surface area contributed by atoms with E-state index in [1.54, 1.807) is 42.5 Å². The van der Waals surface area contributed by atoms with Crippen LogP contribution in [0.3, 0.4) is 0 Å². The first-order valence-electron chi connectivity index (χ1n) is 8.06. The summed E-state index contributed by atoms with van der Waals surface area (Å²) in [6, 6.07) is 14.0. The van der Waals surface area contributed by atoms with Gasteiger partial charge in [0.05, 0.1) is 12.8 Å². The first-order valence-corrected chi connectivity index (χ1v) is 10.2. The van der Waals surface area contributed by atoms with Crippen LogP contribution in [0.2, 0.25) is 0 Å². The van der Waals surface area contributed by atoms with Crippen LogP contribution in [0, 0.1) is 0 Å². The number of nitrogens with one attached hydrogen (secondary N) is 2. The van der Waals surface area contributed by atoms with Crippen LogP contribution in [0.5, 0.6) is 0 Å². The second-order valence-corrected chi connectivity index (χ2v) is 7.51. The van der Waals surface area contributed by atoms with Gasteiger partial charge in [-0.05, 0) is 48.0 Å². The number of furan rings is 1. The molecule has 0 aliphatic rings. The largest absolute Gasteiger partial charge is 0.466 e. The van der Waals surface area contributed by atoms with Crippen LogP contribution in [0.15, 0.2) is 69.5 Å². The predicted octanol–water partition coefficient (Wildman–Crippen LogP) is 3.05. The number of thioether (sulfide) groups is 1. The van der Waals surface area contributed by atoms with Gasteiger partial charge in [0.25, 0.3) is 0 Å². The van der Waals surface area contributed by atoms with E-state index in [1.165, 1.54) is 29.4 Å². The first kappa shape index (κ1) is 19.2. The van der Waals surface area contributed by atoms with Gasteiger partial charge in [0.2, 0.25) is 0 Å². The minimum atomic E-state index is -1.55. The maximum absolute atomic E-state index is 12.2. The van der Waals surface area contributed by atoms with E-state index in [-0.39, 0.29) is 6.54 Å². The molecule has 0 saturated carbocycles. The van der Waals surface area contributed by atoms with E-state index in [4.69, 9.17) is 4.42 Å². The molecule has 3 aromatic rings. The van der Waals surface area contributed by atoms with E-state index < -0.39 is 17.4 Å². The van der Waals surface area contributed by atoms with Gasteiger partial charge in [0.15, 0.2) is 5.60 Å². The van der Waals surface area contributed by atoms with E-state index >= 15 is 0 Å². The van der Waals surface area contributed by atoms with E-state index in [0.29, 0.717) is 16.3 Å². The third kappa shape index (κ3) is 4.41. The summed E-state index contributed by atoms with van der Waals surface area (Å²) in [6.45, 7) is -0.196. The average Bonchev–Trinajstić information content (AvgIpc) is 3.40. The molecule has 0 fully saturated rings. The molecule has 0 radical (unpaired) electrons. The lowest BCUT2D eigenvalue weighted by Gasteiger charge is -2.25. The number of hydrogen-bond donors (Lipinski definition) is 3. The van der Waals surface area contributed by atoms with Gasteiger partial charge in [-0.2, -0.15) is 0 Å². The van der Waals surface area contributed by atoms with Crippen molar-refractivity contribution in [2.45, 2.75) is 10.5 Å². The number of aliphatic hydroxyl groups is 1. The molecule has 0 saturated heterocycles. The van der Waals surface area contributed by atoms with Crippen LogP contribution in [0.4, 0.5) is 5.69 Å². The maximum atomic E-state index is 12.2. The average molecular weight is 402 g/mol. The normalized spacial score (nSPS) is 13.0. The molecular formula is C19H18N2O4S2. The van der Waals surface area contributed by atoms with Crippen LogP contribution in [0.25, 0.3) is 0 Å². The van der Waals surface area contributed by atoms with Gasteiger partial charge in [-0.3, -0.25) is 9.59 Å². The summed E-state index contributed by atoms with van der Waals surface area (Å²) in [5.74, 6) is -1.36. The van der Waals surface area contributed by atoms with Crippen molar-refractivity contribution in [3.63, 3.8) is 0 Å². The van der Waals surface area contributed by atoms with E-state index in [0.717, 1.165) is 4.90 Å². The number of carbonyl (C=O) groups excluding carboxylic acids is 2. The standard InChI is InChI=1S/C19H18N2O4S2/c1-26-14-6-2-5-13(11-14)21-18(23)17(22)20-12-19(24,15-7-3-9-25-15)16-8-4-10-27-16/h2-11,24H,12H2,1H3,(H,20,22)(H,21,23). The Bertz CT molecular complexity index is 873. The van der Waals surface area contributed by atoms with Crippen molar-refractivity contribution in [1.82, 2.24) is 5.32 Å². The van der Waals surface area contributed by atoms with E-state index in [9.17, 15) is 14.7 Å². The van der Waals surface area contributed by atoms with Crippen LogP contribution < -0.4 is 10.6 Å². The summed E-state index contributed by atoms with van der Waals surface area (Å²) in [5.41, 5.74) is -1.02. The van der Waals surface area contributed by atoms with Crippen LogP contribution in [-0.4, -0.2) is 29.7 Å². The highest BCUT2D eigenvalue weighted by molar-refractivity contribution is 7.98. The molecule has 0 aliphatic heterocycles. The van der Waals surface area contributed by atoms with Gasteiger partial charge in [-0.15, -0.1) is 23.1 Å². The minimum Gasteiger partial charge on any atom is -0.466 e. The van der Waals surface area contributed by atoms with Crippen LogP contribution >= 0.6 is 23.1 Å². The third-order valence-corrected chi connectivity index (χ3v) is 5.64. The van der Waals surface area contributed by atoms with Gasteiger partial charge in [-0.1, -0.05) is 12.1 Å². The maximum Gasteiger partial charge on any atom is 0.313 e. The molecule has 8 heteroatoms. The summed E-state index contributed by atoms with van der Waals surface area (Å²) >= 11 is 2.87. The molecule has 3 N–H and O–H groups in total. The molecule has 0 spiro atoms. The SMILES string of the molecule is CSc1cccc(NC(=O)C(=O)NCC(O)(c2ccco2)c2cccs2)c1. The number of thiophene rings is 1. The molecule has 1 atom stereocenters. The summed E-state index contributed by atoms with van der Waals surface area (Å²) in [6.07, 6.45) is 3.37. The molecule has 2 heterocycles. The molecule has 2 amide bonds. The summed E-state index contributed by atoms with van der Waals surface area (Å²) in [5, 5.41) is 17.9. The molecule has 140 valence electrons. The van der Waals surface area contributed by atoms with Crippen molar-refractivity contribution in [3.05, 3.63) is 70.8 Å². The van der Waals surface area contributed by atoms with Crippen molar-refractivity contribution in [2.75, 3.05) is 18.1 Å². The Morgan fingerprint density at radius 1 is 1.19 bits per heavy atom. The lowest BCUT2D eigenvalue weighted by molar-refractivity contribution is -0.136. The van der Waals surface area contributed by atoms with Crippen LogP contribution in [0.1, 0.15) is 10.6 Å². The van der Waals surface area contributed by atoms with Crippen LogP contribution in [-0.2, 0) is 15.2 Å². The van der Waals surface area contributed by atoms with E-state index in [1.807, 2.05) is 17.7 Å². The van der Waals surface area contributed by atoms with E-state index in [2.05, 4.69) is 10.6 Å². The van der Waals surface area contributed by atoms with Gasteiger partial charge in [0, 0.05) is 15.5 Å². The highest BCUT2D eigenvalue weighted by atomic mass is 32.2. The Kier molecular flexibility index (Phi) is 6.00. The molecule has 3 rings (SSSR count). The Hall–Kier alpha value is -2.55. The molecule has 2 aromatic heterocycles. The fraction of sp³-hybridized carbons (Fsp3) is 0.158. The first-order chi connectivity index (χ1) is 13.0. The second-order valence-electron chi connectivity index (χ2n) is 5.68. The highest BCUT2D eigenvalue weighted by Gasteiger charge is 2.36. The Labute approximate surface area is 164 Å². The molecular weight excluding hydrogens is 384 g/mol. The minimum absolute atomic E-state index is 0.196. The zero-order valence-corrected chi connectivity index (χ0v) is 16.1. The Balaban J connectivity index is 1.68. The molecule has 27 heavy (non-hydrogen) atoms. The summed E-state index contributed by atoms with van der Waals surface area (Å²) in [7, 11) is 0.